The van der Waals surface area contributed by atoms with E-state index in [1.165, 1.54) is 17.2 Å². The minimum absolute atomic E-state index is 0.0119. The molecule has 0 saturated carbocycles. The van der Waals surface area contributed by atoms with Gasteiger partial charge in [0.15, 0.2) is 9.84 Å². The molecule has 0 radical (unpaired) electrons. The van der Waals surface area contributed by atoms with E-state index >= 15 is 0 Å². The molecular weight excluding hydrogens is 389 g/mol. The van der Waals surface area contributed by atoms with E-state index in [1.807, 2.05) is 0 Å². The molecule has 1 atom stereocenters. The Kier molecular flexibility index (Phi) is 4.88. The molecule has 2 aliphatic rings. The van der Waals surface area contributed by atoms with E-state index in [9.17, 15) is 17.6 Å². The summed E-state index contributed by atoms with van der Waals surface area (Å²) in [7, 11) is -3.04. The first-order valence-corrected chi connectivity index (χ1v) is 10.7. The number of halogens is 1. The third-order valence-corrected chi connectivity index (χ3v) is 6.47. The van der Waals surface area contributed by atoms with Crippen molar-refractivity contribution in [2.75, 3.05) is 52.8 Å². The van der Waals surface area contributed by atoms with Crippen molar-refractivity contribution < 1.29 is 26.8 Å². The van der Waals surface area contributed by atoms with Gasteiger partial charge in [-0.05, 0) is 24.3 Å². The molecular formula is C18H20FN3O5S. The predicted molar refractivity (Wildman–Crippen MR) is 102 cm³/mol. The number of amides is 1. The SMILES string of the molecule is O=C1O[C@@H](CNc2ccoc2)CN1c1ccc(N2CCS(=O)(=O)CC2)c(F)c1. The summed E-state index contributed by atoms with van der Waals surface area (Å²) in [5, 5.41) is 3.10. The van der Waals surface area contributed by atoms with Gasteiger partial charge in [-0.2, -0.15) is 0 Å². The van der Waals surface area contributed by atoms with Crippen LogP contribution in [0.1, 0.15) is 0 Å². The van der Waals surface area contributed by atoms with Crippen LogP contribution in [0.2, 0.25) is 0 Å². The molecule has 0 unspecified atom stereocenters. The predicted octanol–water partition coefficient (Wildman–Crippen LogP) is 2.09. The first-order valence-electron chi connectivity index (χ1n) is 8.90. The van der Waals surface area contributed by atoms with Crippen LogP contribution in [0.4, 0.5) is 26.2 Å². The van der Waals surface area contributed by atoms with E-state index in [0.717, 1.165) is 5.69 Å². The molecule has 2 aliphatic heterocycles. The van der Waals surface area contributed by atoms with Crippen LogP contribution >= 0.6 is 0 Å². The Morgan fingerprint density at radius 1 is 1.21 bits per heavy atom. The molecule has 1 amide bonds. The highest BCUT2D eigenvalue weighted by Gasteiger charge is 2.33. The Morgan fingerprint density at radius 2 is 2.00 bits per heavy atom. The van der Waals surface area contributed by atoms with Gasteiger partial charge in [0.05, 0.1) is 47.9 Å². The van der Waals surface area contributed by atoms with Crippen molar-refractivity contribution in [2.45, 2.75) is 6.10 Å². The van der Waals surface area contributed by atoms with Crippen LogP contribution in [0, 0.1) is 5.82 Å². The smallest absolute Gasteiger partial charge is 0.414 e. The van der Waals surface area contributed by atoms with Crippen molar-refractivity contribution in [2.24, 2.45) is 0 Å². The highest BCUT2D eigenvalue weighted by molar-refractivity contribution is 7.91. The summed E-state index contributed by atoms with van der Waals surface area (Å²) in [6.45, 7) is 1.22. The molecule has 0 bridgehead atoms. The molecule has 1 N–H and O–H groups in total. The van der Waals surface area contributed by atoms with Crippen molar-refractivity contribution in [1.82, 2.24) is 0 Å². The first kappa shape index (κ1) is 18.6. The van der Waals surface area contributed by atoms with Gasteiger partial charge in [0, 0.05) is 13.1 Å². The zero-order valence-corrected chi connectivity index (χ0v) is 15.8. The molecule has 2 aromatic rings. The fourth-order valence-electron chi connectivity index (χ4n) is 3.31. The molecule has 28 heavy (non-hydrogen) atoms. The van der Waals surface area contributed by atoms with Crippen LogP contribution in [0.15, 0.2) is 41.2 Å². The van der Waals surface area contributed by atoms with Crippen LogP contribution in [0.3, 0.4) is 0 Å². The lowest BCUT2D eigenvalue weighted by atomic mass is 10.2. The molecule has 4 rings (SSSR count). The van der Waals surface area contributed by atoms with Gasteiger partial charge < -0.3 is 19.4 Å². The number of anilines is 3. The summed E-state index contributed by atoms with van der Waals surface area (Å²) >= 11 is 0. The van der Waals surface area contributed by atoms with Gasteiger partial charge >= 0.3 is 6.09 Å². The third kappa shape index (κ3) is 3.91. The second-order valence-corrected chi connectivity index (χ2v) is 9.09. The summed E-state index contributed by atoms with van der Waals surface area (Å²) in [6.07, 6.45) is 2.18. The number of nitrogens with zero attached hydrogens (tertiary/aromatic N) is 2. The lowest BCUT2D eigenvalue weighted by Gasteiger charge is -2.29. The number of carbonyl (C=O) groups is 1. The zero-order chi connectivity index (χ0) is 19.7. The maximum absolute atomic E-state index is 14.6. The Labute approximate surface area is 161 Å². The molecule has 2 saturated heterocycles. The van der Waals surface area contributed by atoms with E-state index in [2.05, 4.69) is 5.32 Å². The van der Waals surface area contributed by atoms with Crippen LogP contribution in [-0.4, -0.2) is 58.3 Å². The number of hydrogen-bond acceptors (Lipinski definition) is 7. The highest BCUT2D eigenvalue weighted by Crippen LogP contribution is 2.29. The second kappa shape index (κ2) is 7.34. The minimum atomic E-state index is -3.04. The first-order chi connectivity index (χ1) is 13.4. The number of cyclic esters (lactones) is 1. The number of furan rings is 1. The number of sulfone groups is 1. The third-order valence-electron chi connectivity index (χ3n) is 4.86. The molecule has 8 nitrogen and oxygen atoms in total. The molecule has 0 aliphatic carbocycles. The standard InChI is InChI=1S/C18H20FN3O5S/c19-16-9-14(1-2-17(16)21-4-7-28(24,25)8-5-21)22-11-15(27-18(22)23)10-20-13-3-6-26-12-13/h1-3,6,9,12,15,20H,4-5,7-8,10-11H2/t15-/m0/s1. The molecule has 150 valence electrons. The van der Waals surface area contributed by atoms with Crippen LogP contribution in [0.25, 0.3) is 0 Å². The van der Waals surface area contributed by atoms with Crippen molar-refractivity contribution >= 4 is 33.0 Å². The summed E-state index contributed by atoms with van der Waals surface area (Å²) < 4.78 is 48.0. The van der Waals surface area contributed by atoms with Gasteiger partial charge in [-0.3, -0.25) is 4.90 Å². The number of benzene rings is 1. The Balaban J connectivity index is 1.41. The van der Waals surface area contributed by atoms with Gasteiger partial charge in [-0.1, -0.05) is 0 Å². The zero-order valence-electron chi connectivity index (χ0n) is 15.0. The number of carbonyl (C=O) groups excluding carboxylic acids is 1. The van der Waals surface area contributed by atoms with Crippen LogP contribution < -0.4 is 15.1 Å². The van der Waals surface area contributed by atoms with E-state index < -0.39 is 21.7 Å². The van der Waals surface area contributed by atoms with Gasteiger partial charge in [-0.15, -0.1) is 0 Å². The summed E-state index contributed by atoms with van der Waals surface area (Å²) in [6, 6.07) is 6.27. The fourth-order valence-corrected chi connectivity index (χ4v) is 4.51. The number of hydrogen-bond donors (Lipinski definition) is 1. The van der Waals surface area contributed by atoms with E-state index in [-0.39, 0.29) is 30.7 Å². The quantitative estimate of drug-likeness (QED) is 0.808. The second-order valence-electron chi connectivity index (χ2n) is 6.78. The van der Waals surface area contributed by atoms with Crippen LogP contribution in [-0.2, 0) is 14.6 Å². The molecule has 3 heterocycles. The molecule has 10 heteroatoms. The summed E-state index contributed by atoms with van der Waals surface area (Å²) in [5.41, 5.74) is 1.53. The fraction of sp³-hybridized carbons (Fsp3) is 0.389. The van der Waals surface area contributed by atoms with Gasteiger partial charge in [0.25, 0.3) is 0 Å². The normalized spacial score (nSPS) is 21.6. The minimum Gasteiger partial charge on any atom is -0.470 e. The van der Waals surface area contributed by atoms with Crippen molar-refractivity contribution in [3.05, 3.63) is 42.6 Å². The van der Waals surface area contributed by atoms with Gasteiger partial charge in [0.2, 0.25) is 0 Å². The topological polar surface area (TPSA) is 92.1 Å². The van der Waals surface area contributed by atoms with Crippen molar-refractivity contribution in [3.8, 4) is 0 Å². The summed E-state index contributed by atoms with van der Waals surface area (Å²) in [5.74, 6) is -0.472. The van der Waals surface area contributed by atoms with E-state index in [4.69, 9.17) is 9.15 Å². The molecule has 2 fully saturated rings. The molecule has 0 spiro atoms. The Morgan fingerprint density at radius 3 is 2.68 bits per heavy atom. The molecule has 1 aromatic carbocycles. The average Bonchev–Trinajstić information content (AvgIpc) is 3.30. The number of ether oxygens (including phenoxy) is 1. The van der Waals surface area contributed by atoms with E-state index in [1.54, 1.807) is 29.4 Å². The summed E-state index contributed by atoms with van der Waals surface area (Å²) in [4.78, 5) is 15.3. The average molecular weight is 409 g/mol. The molecule has 1 aromatic heterocycles. The number of rotatable bonds is 5. The lowest BCUT2D eigenvalue weighted by molar-refractivity contribution is 0.147. The van der Waals surface area contributed by atoms with Crippen molar-refractivity contribution in [3.63, 3.8) is 0 Å². The monoisotopic (exact) mass is 409 g/mol. The maximum Gasteiger partial charge on any atom is 0.414 e. The van der Waals surface area contributed by atoms with Gasteiger partial charge in [-0.25, -0.2) is 17.6 Å². The lowest BCUT2D eigenvalue weighted by Crippen LogP contribution is -2.40. The van der Waals surface area contributed by atoms with Crippen LogP contribution in [0.5, 0.6) is 0 Å². The Hall–Kier alpha value is -2.75. The largest absolute Gasteiger partial charge is 0.470 e. The number of nitrogens with one attached hydrogen (secondary N) is 1. The van der Waals surface area contributed by atoms with Gasteiger partial charge in [0.1, 0.15) is 18.2 Å². The van der Waals surface area contributed by atoms with Crippen molar-refractivity contribution in [1.29, 1.82) is 0 Å². The highest BCUT2D eigenvalue weighted by atomic mass is 32.2. The maximum atomic E-state index is 14.6. The van der Waals surface area contributed by atoms with E-state index in [0.29, 0.717) is 24.5 Å². The Bertz CT molecular complexity index is 950.